The summed E-state index contributed by atoms with van der Waals surface area (Å²) in [5.41, 5.74) is 4.72. The molecule has 0 spiro atoms. The molecule has 0 unspecified atom stereocenters. The summed E-state index contributed by atoms with van der Waals surface area (Å²) in [4.78, 5) is 24.9. The van der Waals surface area contributed by atoms with E-state index in [-0.39, 0.29) is 76.7 Å². The number of nitrogens with zero attached hydrogens (tertiary/aromatic N) is 1. The number of carboxylic acid groups (broad SMARTS) is 1. The number of aliphatic hydroxyl groups excluding tert-OH is 2. The molecule has 0 aliphatic rings. The van der Waals surface area contributed by atoms with Gasteiger partial charge in [-0.1, -0.05) is 62.4 Å². The van der Waals surface area contributed by atoms with E-state index in [2.05, 4.69) is 5.32 Å². The van der Waals surface area contributed by atoms with Gasteiger partial charge < -0.3 is 30.0 Å². The number of benzene rings is 3. The van der Waals surface area contributed by atoms with E-state index in [1.165, 1.54) is 12.1 Å². The van der Waals surface area contributed by atoms with Gasteiger partial charge in [0.15, 0.2) is 0 Å². The Bertz CT molecular complexity index is 1470. The Morgan fingerprint density at radius 3 is 2.05 bits per heavy atom. The maximum Gasteiger partial charge on any atom is 2.00 e. The molecule has 2 atom stereocenters. The van der Waals surface area contributed by atoms with Crippen LogP contribution in [0.25, 0.3) is 22.4 Å². The zero-order valence-electron chi connectivity index (χ0n) is 23.8. The number of carbonyl (C=O) groups is 2. The van der Waals surface area contributed by atoms with Gasteiger partial charge in [0.25, 0.3) is 5.91 Å². The predicted octanol–water partition coefficient (Wildman–Crippen LogP) is 4.60. The molecule has 1 amide bonds. The predicted molar refractivity (Wildman–Crippen MR) is 160 cm³/mol. The minimum atomic E-state index is -1.39. The number of hydrogen-bond acceptors (Lipinski definition) is 5. The van der Waals surface area contributed by atoms with Gasteiger partial charge in [-0.2, -0.15) is 0 Å². The second-order valence-electron chi connectivity index (χ2n) is 10.4. The number of amides is 1. The molecule has 9 heteroatoms. The first-order valence-electron chi connectivity index (χ1n) is 13.7. The van der Waals surface area contributed by atoms with Crippen molar-refractivity contribution in [2.75, 3.05) is 5.32 Å². The maximum atomic E-state index is 14.0. The fourth-order valence-corrected chi connectivity index (χ4v) is 5.19. The van der Waals surface area contributed by atoms with Gasteiger partial charge in [0, 0.05) is 35.9 Å². The van der Waals surface area contributed by atoms with E-state index in [1.54, 1.807) is 24.3 Å². The Labute approximate surface area is 282 Å². The van der Waals surface area contributed by atoms with Gasteiger partial charge in [0.1, 0.15) is 5.82 Å². The summed E-state index contributed by atoms with van der Waals surface area (Å²) in [6, 6.07) is 24.7. The minimum absolute atomic E-state index is 0. The van der Waals surface area contributed by atoms with Crippen LogP contribution in [-0.2, 0) is 11.3 Å². The normalized spacial score (nSPS) is 12.4. The summed E-state index contributed by atoms with van der Waals surface area (Å²) in [6.07, 6.45) is -2.77. The number of hydrogen-bond donors (Lipinski definition) is 3. The van der Waals surface area contributed by atoms with Crippen molar-refractivity contribution >= 4 is 63.0 Å². The van der Waals surface area contributed by atoms with Crippen LogP contribution in [0, 0.1) is 5.82 Å². The van der Waals surface area contributed by atoms with E-state index < -0.39 is 30.4 Å². The van der Waals surface area contributed by atoms with Crippen molar-refractivity contribution < 1.29 is 29.3 Å². The number of para-hydroxylation sites is 1. The molecule has 0 fully saturated rings. The SMILES string of the molecule is CC(C)c1c(C(=O)Nc2ccccc2)c(-c2ccccc2)c(-c2ccc(F)cc2)n1CC[C@@H](O)C[C@@H](O)CC(=O)[O-].[Sr+2]. The number of aliphatic carboxylic acids is 1. The molecule has 0 aliphatic heterocycles. The van der Waals surface area contributed by atoms with Crippen LogP contribution in [0.5, 0.6) is 0 Å². The molecule has 3 aromatic carbocycles. The molecule has 1 aromatic heterocycles. The third-order valence-electron chi connectivity index (χ3n) is 6.92. The van der Waals surface area contributed by atoms with Gasteiger partial charge in [0.2, 0.25) is 0 Å². The summed E-state index contributed by atoms with van der Waals surface area (Å²) >= 11 is 0. The molecule has 4 rings (SSSR count). The van der Waals surface area contributed by atoms with E-state index in [0.717, 1.165) is 11.3 Å². The van der Waals surface area contributed by atoms with Crippen molar-refractivity contribution in [3.05, 3.63) is 102 Å². The van der Waals surface area contributed by atoms with Crippen LogP contribution < -0.4 is 10.4 Å². The second-order valence-corrected chi connectivity index (χ2v) is 10.4. The first-order chi connectivity index (χ1) is 19.7. The molecular weight excluding hydrogens is 611 g/mol. The summed E-state index contributed by atoms with van der Waals surface area (Å²) in [7, 11) is 0. The van der Waals surface area contributed by atoms with E-state index in [9.17, 15) is 29.3 Å². The van der Waals surface area contributed by atoms with Crippen LogP contribution in [0.4, 0.5) is 10.1 Å². The van der Waals surface area contributed by atoms with Crippen molar-refractivity contribution in [2.24, 2.45) is 0 Å². The number of rotatable bonds is 12. The Kier molecular flexibility index (Phi) is 12.5. The van der Waals surface area contributed by atoms with Gasteiger partial charge in [-0.05, 0) is 66.3 Å². The number of nitrogens with one attached hydrogen (secondary N) is 1. The topological polar surface area (TPSA) is 115 Å². The van der Waals surface area contributed by atoms with Gasteiger partial charge in [-0.15, -0.1) is 0 Å². The maximum absolute atomic E-state index is 14.0. The molecule has 7 nitrogen and oxygen atoms in total. The second kappa shape index (κ2) is 15.6. The van der Waals surface area contributed by atoms with Crippen LogP contribution in [0.15, 0.2) is 84.9 Å². The molecule has 0 bridgehead atoms. The quantitative estimate of drug-likeness (QED) is 0.195. The van der Waals surface area contributed by atoms with Crippen molar-refractivity contribution in [2.45, 2.75) is 57.8 Å². The summed E-state index contributed by atoms with van der Waals surface area (Å²) in [5, 5.41) is 34.6. The van der Waals surface area contributed by atoms with Gasteiger partial charge in [0.05, 0.1) is 23.5 Å². The number of aliphatic hydroxyl groups is 2. The average molecular weight is 645 g/mol. The van der Waals surface area contributed by atoms with Crippen molar-refractivity contribution in [3.63, 3.8) is 0 Å². The molecule has 3 N–H and O–H groups in total. The summed E-state index contributed by atoms with van der Waals surface area (Å²) < 4.78 is 16.0. The summed E-state index contributed by atoms with van der Waals surface area (Å²) in [6.45, 7) is 4.22. The van der Waals surface area contributed by atoms with E-state index in [0.29, 0.717) is 28.1 Å². The fraction of sp³-hybridized carbons (Fsp3) is 0.273. The Morgan fingerprint density at radius 1 is 0.881 bits per heavy atom. The van der Waals surface area contributed by atoms with E-state index in [1.807, 2.05) is 66.9 Å². The number of carbonyl (C=O) groups excluding carboxylic acids is 2. The standard InChI is InChI=1S/C33H35FN2O5.Sr/c1-21(2)31-30(33(41)35-25-11-7-4-8-12-25)29(22-9-5-3-6-10-22)32(23-13-15-24(34)16-14-23)36(31)18-17-26(37)19-27(38)20-28(39)40;/h3-16,21,26-27,37-38H,17-20H2,1-2H3,(H,35,41)(H,39,40);/q;+2/p-1/t26-,27-;/m1./s1. The van der Waals surface area contributed by atoms with Gasteiger partial charge in [-0.25, -0.2) is 4.39 Å². The molecule has 214 valence electrons. The average Bonchev–Trinajstić information content (AvgIpc) is 3.28. The van der Waals surface area contributed by atoms with E-state index >= 15 is 0 Å². The van der Waals surface area contributed by atoms with E-state index in [4.69, 9.17) is 0 Å². The minimum Gasteiger partial charge on any atom is -0.550 e. The molecular formula is C33H34FN2O5Sr+. The smallest absolute Gasteiger partial charge is 0.550 e. The van der Waals surface area contributed by atoms with Gasteiger partial charge >= 0.3 is 45.5 Å². The molecule has 0 aliphatic carbocycles. The Hall–Kier alpha value is -2.79. The molecule has 4 aromatic rings. The number of aromatic nitrogens is 1. The zero-order valence-corrected chi connectivity index (χ0v) is 27.3. The van der Waals surface area contributed by atoms with Crippen molar-refractivity contribution in [1.82, 2.24) is 4.57 Å². The third-order valence-corrected chi connectivity index (χ3v) is 6.92. The molecule has 1 heterocycles. The molecule has 0 radical (unpaired) electrons. The monoisotopic (exact) mass is 645 g/mol. The van der Waals surface area contributed by atoms with Crippen LogP contribution >= 0.6 is 0 Å². The third kappa shape index (κ3) is 8.40. The largest absolute Gasteiger partial charge is 2.00 e. The first-order valence-corrected chi connectivity index (χ1v) is 13.7. The van der Waals surface area contributed by atoms with Crippen LogP contribution in [0.1, 0.15) is 55.1 Å². The van der Waals surface area contributed by atoms with Crippen LogP contribution in [0.3, 0.4) is 0 Å². The van der Waals surface area contributed by atoms with Crippen LogP contribution in [-0.4, -0.2) is 84.3 Å². The van der Waals surface area contributed by atoms with Gasteiger partial charge in [-0.3, -0.25) is 4.79 Å². The molecule has 0 saturated heterocycles. The number of halogens is 1. The zero-order chi connectivity index (χ0) is 29.5. The number of anilines is 1. The first kappa shape index (κ1) is 33.7. The number of carboxylic acids is 1. The molecule has 0 saturated carbocycles. The summed E-state index contributed by atoms with van der Waals surface area (Å²) in [5.74, 6) is -2.20. The molecule has 42 heavy (non-hydrogen) atoms. The fourth-order valence-electron chi connectivity index (χ4n) is 5.19. The Morgan fingerprint density at radius 2 is 1.48 bits per heavy atom. The van der Waals surface area contributed by atoms with Crippen molar-refractivity contribution in [3.8, 4) is 22.4 Å². The van der Waals surface area contributed by atoms with Crippen molar-refractivity contribution in [1.29, 1.82) is 0 Å². The Balaban J connectivity index is 0.00000484. The van der Waals surface area contributed by atoms with Crippen LogP contribution in [0.2, 0.25) is 0 Å².